The monoisotopic (exact) mass is 433 g/mol. The summed E-state index contributed by atoms with van der Waals surface area (Å²) < 4.78 is 29.2. The van der Waals surface area contributed by atoms with Gasteiger partial charge in [0.2, 0.25) is 15.0 Å². The number of halogens is 2. The molecule has 1 amide bonds. The van der Waals surface area contributed by atoms with Crippen LogP contribution in [0.3, 0.4) is 0 Å². The Hall–Kier alpha value is -1.71. The van der Waals surface area contributed by atoms with E-state index < -0.39 is 20.9 Å². The first-order valence-corrected chi connectivity index (χ1v) is 9.51. The van der Waals surface area contributed by atoms with E-state index in [0.29, 0.717) is 16.5 Å². The Labute approximate surface area is 152 Å². The third kappa shape index (κ3) is 4.03. The smallest absolute Gasteiger partial charge is 0.275 e. The fourth-order valence-electron chi connectivity index (χ4n) is 1.75. The SMILES string of the molecule is CCS(=O)(=O)c1ncc(Br)c(C(=O)Nc2cc(Cl)ccc2OC)n1. The van der Waals surface area contributed by atoms with Gasteiger partial charge in [0.1, 0.15) is 11.4 Å². The molecule has 1 heterocycles. The molecule has 128 valence electrons. The summed E-state index contributed by atoms with van der Waals surface area (Å²) in [5.74, 6) is -0.394. The van der Waals surface area contributed by atoms with Gasteiger partial charge in [-0.1, -0.05) is 18.5 Å². The van der Waals surface area contributed by atoms with Crippen LogP contribution in [-0.2, 0) is 9.84 Å². The van der Waals surface area contributed by atoms with E-state index in [0.717, 1.165) is 0 Å². The van der Waals surface area contributed by atoms with E-state index in [1.54, 1.807) is 12.1 Å². The second-order valence-electron chi connectivity index (χ2n) is 4.55. The molecule has 2 aromatic rings. The quantitative estimate of drug-likeness (QED) is 0.727. The summed E-state index contributed by atoms with van der Waals surface area (Å²) in [4.78, 5) is 20.1. The average molecular weight is 435 g/mol. The van der Waals surface area contributed by atoms with E-state index in [2.05, 4.69) is 31.2 Å². The Morgan fingerprint density at radius 2 is 2.12 bits per heavy atom. The van der Waals surface area contributed by atoms with Crippen LogP contribution in [0, 0.1) is 0 Å². The van der Waals surface area contributed by atoms with Gasteiger partial charge >= 0.3 is 0 Å². The highest BCUT2D eigenvalue weighted by Crippen LogP contribution is 2.28. The van der Waals surface area contributed by atoms with Crippen molar-refractivity contribution in [2.75, 3.05) is 18.2 Å². The third-order valence-corrected chi connectivity index (χ3v) is 5.33. The Balaban J connectivity index is 2.40. The zero-order chi connectivity index (χ0) is 17.9. The molecule has 0 fully saturated rings. The number of anilines is 1. The molecule has 1 N–H and O–H groups in total. The molecule has 24 heavy (non-hydrogen) atoms. The Bertz CT molecular complexity index is 890. The first-order valence-electron chi connectivity index (χ1n) is 6.68. The van der Waals surface area contributed by atoms with Crippen LogP contribution in [0.25, 0.3) is 0 Å². The minimum Gasteiger partial charge on any atom is -0.495 e. The van der Waals surface area contributed by atoms with Gasteiger partial charge in [-0.3, -0.25) is 4.79 Å². The van der Waals surface area contributed by atoms with Gasteiger partial charge in [0.25, 0.3) is 5.91 Å². The van der Waals surface area contributed by atoms with Crippen LogP contribution in [0.1, 0.15) is 17.4 Å². The van der Waals surface area contributed by atoms with Crippen molar-refractivity contribution in [1.29, 1.82) is 0 Å². The number of methoxy groups -OCH3 is 1. The van der Waals surface area contributed by atoms with Crippen molar-refractivity contribution in [3.63, 3.8) is 0 Å². The van der Waals surface area contributed by atoms with Crippen LogP contribution in [0.5, 0.6) is 5.75 Å². The van der Waals surface area contributed by atoms with Crippen molar-refractivity contribution >= 4 is 49.0 Å². The van der Waals surface area contributed by atoms with Gasteiger partial charge in [-0.25, -0.2) is 18.4 Å². The van der Waals surface area contributed by atoms with Gasteiger partial charge in [-0.15, -0.1) is 0 Å². The van der Waals surface area contributed by atoms with Crippen molar-refractivity contribution in [3.8, 4) is 5.75 Å². The molecule has 0 bridgehead atoms. The number of hydrogen-bond acceptors (Lipinski definition) is 6. The summed E-state index contributed by atoms with van der Waals surface area (Å²) in [6, 6.07) is 4.72. The highest BCUT2D eigenvalue weighted by Gasteiger charge is 2.21. The number of benzene rings is 1. The fraction of sp³-hybridized carbons (Fsp3) is 0.214. The van der Waals surface area contributed by atoms with E-state index in [9.17, 15) is 13.2 Å². The molecule has 0 saturated carbocycles. The second-order valence-corrected chi connectivity index (χ2v) is 8.01. The summed E-state index contributed by atoms with van der Waals surface area (Å²) >= 11 is 9.06. The van der Waals surface area contributed by atoms with E-state index in [1.165, 1.54) is 26.3 Å². The third-order valence-electron chi connectivity index (χ3n) is 3.01. The maximum atomic E-state index is 12.5. The first-order chi connectivity index (χ1) is 11.3. The van der Waals surface area contributed by atoms with Crippen molar-refractivity contribution in [2.45, 2.75) is 12.1 Å². The normalized spacial score (nSPS) is 11.2. The van der Waals surface area contributed by atoms with Crippen LogP contribution < -0.4 is 10.1 Å². The summed E-state index contributed by atoms with van der Waals surface area (Å²) in [5, 5.41) is 2.59. The second kappa shape index (κ2) is 7.45. The number of nitrogens with zero attached hydrogens (tertiary/aromatic N) is 2. The lowest BCUT2D eigenvalue weighted by atomic mass is 10.2. The average Bonchev–Trinajstić information content (AvgIpc) is 2.55. The molecule has 7 nitrogen and oxygen atoms in total. The number of amides is 1. The molecule has 0 unspecified atom stereocenters. The molecule has 0 spiro atoms. The van der Waals surface area contributed by atoms with E-state index in [1.807, 2.05) is 0 Å². The lowest BCUT2D eigenvalue weighted by Crippen LogP contribution is -2.18. The summed E-state index contributed by atoms with van der Waals surface area (Å²) in [7, 11) is -2.18. The molecular formula is C14H13BrClN3O4S. The molecule has 10 heteroatoms. The molecule has 0 aliphatic heterocycles. The first kappa shape index (κ1) is 18.6. The largest absolute Gasteiger partial charge is 0.495 e. The number of carbonyl (C=O) groups excluding carboxylic acids is 1. The number of carbonyl (C=O) groups is 1. The van der Waals surface area contributed by atoms with Crippen LogP contribution in [0.2, 0.25) is 5.02 Å². The minimum atomic E-state index is -3.63. The van der Waals surface area contributed by atoms with Crippen molar-refractivity contribution in [1.82, 2.24) is 9.97 Å². The van der Waals surface area contributed by atoms with E-state index in [4.69, 9.17) is 16.3 Å². The maximum Gasteiger partial charge on any atom is 0.275 e. The lowest BCUT2D eigenvalue weighted by Gasteiger charge is -2.11. The highest BCUT2D eigenvalue weighted by atomic mass is 79.9. The zero-order valence-corrected chi connectivity index (χ0v) is 15.9. The van der Waals surface area contributed by atoms with Crippen molar-refractivity contribution in [3.05, 3.63) is 39.6 Å². The molecular weight excluding hydrogens is 422 g/mol. The van der Waals surface area contributed by atoms with E-state index in [-0.39, 0.29) is 15.9 Å². The van der Waals surface area contributed by atoms with Gasteiger partial charge in [0.05, 0.1) is 23.0 Å². The van der Waals surface area contributed by atoms with Crippen LogP contribution >= 0.6 is 27.5 Å². The molecule has 0 aliphatic carbocycles. The Morgan fingerprint density at radius 3 is 2.75 bits per heavy atom. The van der Waals surface area contributed by atoms with Crippen LogP contribution in [0.15, 0.2) is 34.0 Å². The number of sulfone groups is 1. The van der Waals surface area contributed by atoms with E-state index >= 15 is 0 Å². The summed E-state index contributed by atoms with van der Waals surface area (Å²) in [6.45, 7) is 1.47. The van der Waals surface area contributed by atoms with Gasteiger partial charge in [-0.05, 0) is 34.1 Å². The molecule has 1 aromatic heterocycles. The molecule has 2 rings (SSSR count). The summed E-state index contributed by atoms with van der Waals surface area (Å²) in [5.41, 5.74) is 0.222. The maximum absolute atomic E-state index is 12.5. The summed E-state index contributed by atoms with van der Waals surface area (Å²) in [6.07, 6.45) is 1.22. The standard InChI is InChI=1S/C14H13BrClN3O4S/c1-3-24(21,22)14-17-7-9(15)12(19-14)13(20)18-10-6-8(16)4-5-11(10)23-2/h4-7H,3H2,1-2H3,(H,18,20). The molecule has 0 saturated heterocycles. The number of ether oxygens (including phenoxy) is 1. The van der Waals surface area contributed by atoms with Crippen molar-refractivity contribution < 1.29 is 17.9 Å². The number of hydrogen-bond donors (Lipinski definition) is 1. The van der Waals surface area contributed by atoms with Crippen LogP contribution in [-0.4, -0.2) is 37.2 Å². The Morgan fingerprint density at radius 1 is 1.42 bits per heavy atom. The number of rotatable bonds is 5. The molecule has 0 atom stereocenters. The Kier molecular flexibility index (Phi) is 5.79. The van der Waals surface area contributed by atoms with Crippen LogP contribution in [0.4, 0.5) is 5.69 Å². The van der Waals surface area contributed by atoms with Gasteiger partial charge in [0, 0.05) is 11.2 Å². The highest BCUT2D eigenvalue weighted by molar-refractivity contribution is 9.10. The molecule has 0 radical (unpaired) electrons. The minimum absolute atomic E-state index is 0.112. The zero-order valence-electron chi connectivity index (χ0n) is 12.7. The number of aromatic nitrogens is 2. The predicted octanol–water partition coefficient (Wildman–Crippen LogP) is 2.95. The number of nitrogens with one attached hydrogen (secondary N) is 1. The van der Waals surface area contributed by atoms with Crippen molar-refractivity contribution in [2.24, 2.45) is 0 Å². The lowest BCUT2D eigenvalue weighted by molar-refractivity contribution is 0.102. The topological polar surface area (TPSA) is 98.2 Å². The van der Waals surface area contributed by atoms with Gasteiger partial charge in [0.15, 0.2) is 0 Å². The fourth-order valence-corrected chi connectivity index (χ4v) is 2.99. The predicted molar refractivity (Wildman–Crippen MR) is 93.4 cm³/mol. The molecule has 0 aliphatic rings. The van der Waals surface area contributed by atoms with Gasteiger partial charge in [-0.2, -0.15) is 0 Å². The molecule has 1 aromatic carbocycles. The van der Waals surface area contributed by atoms with Gasteiger partial charge < -0.3 is 10.1 Å².